The summed E-state index contributed by atoms with van der Waals surface area (Å²) in [4.78, 5) is 23.5. The van der Waals surface area contributed by atoms with E-state index in [4.69, 9.17) is 9.84 Å². The predicted octanol–water partition coefficient (Wildman–Crippen LogP) is 2.24. The van der Waals surface area contributed by atoms with E-state index in [0.717, 1.165) is 0 Å². The zero-order valence-corrected chi connectivity index (χ0v) is 18.6. The first-order valence-corrected chi connectivity index (χ1v) is 10.4. The molecule has 1 aromatic carbocycles. The van der Waals surface area contributed by atoms with Crippen molar-refractivity contribution in [2.75, 3.05) is 6.61 Å². The van der Waals surface area contributed by atoms with Crippen LogP contribution in [0.15, 0.2) is 24.3 Å². The molecule has 0 saturated carbocycles. The highest BCUT2D eigenvalue weighted by Gasteiger charge is 2.28. The third-order valence-electron chi connectivity index (χ3n) is 4.53. The number of carboxylic acids is 1. The van der Waals surface area contributed by atoms with Gasteiger partial charge in [0.25, 0.3) is 5.91 Å². The van der Waals surface area contributed by atoms with Crippen molar-refractivity contribution in [3.05, 3.63) is 41.3 Å². The van der Waals surface area contributed by atoms with Crippen LogP contribution in [-0.2, 0) is 4.79 Å². The molecule has 0 bridgehead atoms. The zero-order chi connectivity index (χ0) is 24.0. The minimum atomic E-state index is -1.23. The van der Waals surface area contributed by atoms with Crippen LogP contribution in [0.1, 0.15) is 62.5 Å². The molecule has 0 aliphatic heterocycles. The van der Waals surface area contributed by atoms with Crippen molar-refractivity contribution >= 4 is 11.9 Å². The molecule has 0 fully saturated rings. The Bertz CT molecular complexity index is 926. The fourth-order valence-electron chi connectivity index (χ4n) is 3.17. The fourth-order valence-corrected chi connectivity index (χ4v) is 3.17. The van der Waals surface area contributed by atoms with E-state index in [1.165, 1.54) is 28.9 Å². The second-order valence-corrected chi connectivity index (χ2v) is 8.19. The number of carbonyl (C=O) groups is 2. The molecule has 2 rings (SSSR count). The van der Waals surface area contributed by atoms with E-state index in [-0.39, 0.29) is 36.6 Å². The van der Waals surface area contributed by atoms with E-state index in [0.29, 0.717) is 11.3 Å². The lowest BCUT2D eigenvalue weighted by Gasteiger charge is -2.18. The Balaban J connectivity index is 2.41. The Kier molecular flexibility index (Phi) is 8.73. The van der Waals surface area contributed by atoms with Gasteiger partial charge in [0.1, 0.15) is 12.4 Å². The molecule has 176 valence electrons. The number of nitrogens with zero attached hydrogens (tertiary/aromatic N) is 2. The summed E-state index contributed by atoms with van der Waals surface area (Å²) < 4.78 is 20.6. The summed E-state index contributed by atoms with van der Waals surface area (Å²) in [5.41, 5.74) is 1.10. The van der Waals surface area contributed by atoms with Crippen LogP contribution in [-0.4, -0.2) is 61.8 Å². The summed E-state index contributed by atoms with van der Waals surface area (Å²) in [7, 11) is 0. The quantitative estimate of drug-likeness (QED) is 0.412. The van der Waals surface area contributed by atoms with E-state index in [1.807, 2.05) is 27.7 Å². The SMILES string of the molecule is CC(C)NC(=O)c1nn(-c2ccc(F)cc2)c(OC[C@@H](O)C[C@@H](O)CC(=O)O)c1C(C)C. The third-order valence-corrected chi connectivity index (χ3v) is 4.53. The largest absolute Gasteiger partial charge is 0.481 e. The van der Waals surface area contributed by atoms with Crippen molar-refractivity contribution in [1.29, 1.82) is 0 Å². The molecule has 2 aromatic rings. The summed E-state index contributed by atoms with van der Waals surface area (Å²) in [6.07, 6.45) is -3.09. The second-order valence-electron chi connectivity index (χ2n) is 8.19. The molecule has 0 spiro atoms. The van der Waals surface area contributed by atoms with Gasteiger partial charge in [0.05, 0.1) is 24.3 Å². The minimum Gasteiger partial charge on any atom is -0.481 e. The normalized spacial score (nSPS) is 13.3. The molecule has 2 atom stereocenters. The van der Waals surface area contributed by atoms with Crippen LogP contribution in [0.2, 0.25) is 0 Å². The Morgan fingerprint density at radius 1 is 1.12 bits per heavy atom. The molecule has 10 heteroatoms. The molecular formula is C22H30FN3O6. The van der Waals surface area contributed by atoms with E-state index in [2.05, 4.69) is 10.4 Å². The number of amides is 1. The van der Waals surface area contributed by atoms with Crippen molar-refractivity contribution in [1.82, 2.24) is 15.1 Å². The van der Waals surface area contributed by atoms with E-state index in [1.54, 1.807) is 0 Å². The first kappa shape index (κ1) is 25.3. The van der Waals surface area contributed by atoms with Gasteiger partial charge in [0, 0.05) is 18.0 Å². The fraction of sp³-hybridized carbons (Fsp3) is 0.500. The molecular weight excluding hydrogens is 421 g/mol. The van der Waals surface area contributed by atoms with Gasteiger partial charge in [0.2, 0.25) is 5.88 Å². The summed E-state index contributed by atoms with van der Waals surface area (Å²) in [5, 5.41) is 35.9. The summed E-state index contributed by atoms with van der Waals surface area (Å²) in [5.74, 6) is -1.99. The number of carbonyl (C=O) groups excluding carboxylic acids is 1. The van der Waals surface area contributed by atoms with Crippen molar-refractivity contribution in [2.24, 2.45) is 0 Å². The standard InChI is InChI=1S/C22H30FN3O6/c1-12(2)19-20(21(31)24-13(3)4)25-26(15-7-5-14(23)6-8-15)22(19)32-11-17(28)9-16(27)10-18(29)30/h5-8,12-13,16-17,27-28H,9-11H2,1-4H3,(H,24,31)(H,29,30)/t16-,17+/m1/s1. The second kappa shape index (κ2) is 11.1. The number of hydrogen-bond acceptors (Lipinski definition) is 6. The van der Waals surface area contributed by atoms with Crippen molar-refractivity contribution in [2.45, 2.75) is 64.7 Å². The van der Waals surface area contributed by atoms with Gasteiger partial charge in [-0.1, -0.05) is 13.8 Å². The van der Waals surface area contributed by atoms with Crippen LogP contribution in [0.25, 0.3) is 5.69 Å². The van der Waals surface area contributed by atoms with E-state index < -0.39 is 36.3 Å². The molecule has 4 N–H and O–H groups in total. The number of hydrogen-bond donors (Lipinski definition) is 4. The predicted molar refractivity (Wildman–Crippen MR) is 115 cm³/mol. The van der Waals surface area contributed by atoms with Crippen LogP contribution in [0.3, 0.4) is 0 Å². The average Bonchev–Trinajstić information content (AvgIpc) is 3.05. The van der Waals surface area contributed by atoms with Crippen LogP contribution < -0.4 is 10.1 Å². The number of carboxylic acid groups (broad SMARTS) is 1. The van der Waals surface area contributed by atoms with Crippen LogP contribution >= 0.6 is 0 Å². The van der Waals surface area contributed by atoms with Gasteiger partial charge in [-0.15, -0.1) is 0 Å². The van der Waals surface area contributed by atoms with Gasteiger partial charge in [0.15, 0.2) is 5.69 Å². The lowest BCUT2D eigenvalue weighted by molar-refractivity contribution is -0.139. The van der Waals surface area contributed by atoms with Gasteiger partial charge in [-0.05, 0) is 44.0 Å². The molecule has 9 nitrogen and oxygen atoms in total. The number of aliphatic hydroxyl groups excluding tert-OH is 2. The van der Waals surface area contributed by atoms with Crippen molar-refractivity contribution in [3.63, 3.8) is 0 Å². The number of halogens is 1. The minimum absolute atomic E-state index is 0.125. The Labute approximate surface area is 185 Å². The summed E-state index contributed by atoms with van der Waals surface area (Å²) in [6, 6.07) is 5.34. The van der Waals surface area contributed by atoms with Gasteiger partial charge in [-0.2, -0.15) is 5.10 Å². The van der Waals surface area contributed by atoms with Gasteiger partial charge < -0.3 is 25.4 Å². The van der Waals surface area contributed by atoms with Crippen molar-refractivity contribution < 1.29 is 34.0 Å². The lowest BCUT2D eigenvalue weighted by Crippen LogP contribution is -2.31. The van der Waals surface area contributed by atoms with Crippen LogP contribution in [0.4, 0.5) is 4.39 Å². The van der Waals surface area contributed by atoms with Gasteiger partial charge in [-0.25, -0.2) is 9.07 Å². The third kappa shape index (κ3) is 6.76. The van der Waals surface area contributed by atoms with E-state index in [9.17, 15) is 24.2 Å². The molecule has 32 heavy (non-hydrogen) atoms. The molecule has 1 aromatic heterocycles. The average molecular weight is 451 g/mol. The lowest BCUT2D eigenvalue weighted by atomic mass is 10.0. The van der Waals surface area contributed by atoms with Gasteiger partial charge >= 0.3 is 5.97 Å². The number of rotatable bonds is 11. The highest BCUT2D eigenvalue weighted by molar-refractivity contribution is 5.94. The highest BCUT2D eigenvalue weighted by atomic mass is 19.1. The number of benzene rings is 1. The molecule has 1 amide bonds. The van der Waals surface area contributed by atoms with Crippen LogP contribution in [0.5, 0.6) is 5.88 Å². The first-order chi connectivity index (χ1) is 15.0. The first-order valence-electron chi connectivity index (χ1n) is 10.4. The summed E-state index contributed by atoms with van der Waals surface area (Å²) in [6.45, 7) is 7.09. The molecule has 1 heterocycles. The number of aliphatic carboxylic acids is 1. The van der Waals surface area contributed by atoms with Crippen molar-refractivity contribution in [3.8, 4) is 11.6 Å². The Morgan fingerprint density at radius 3 is 2.28 bits per heavy atom. The smallest absolute Gasteiger partial charge is 0.305 e. The topological polar surface area (TPSA) is 134 Å². The van der Waals surface area contributed by atoms with Gasteiger partial charge in [-0.3, -0.25) is 9.59 Å². The maximum Gasteiger partial charge on any atom is 0.305 e. The zero-order valence-electron chi connectivity index (χ0n) is 18.6. The summed E-state index contributed by atoms with van der Waals surface area (Å²) >= 11 is 0. The molecule has 0 radical (unpaired) electrons. The molecule has 0 unspecified atom stereocenters. The number of nitrogens with one attached hydrogen (secondary N) is 1. The number of ether oxygens (including phenoxy) is 1. The Hall–Kier alpha value is -2.98. The number of aromatic nitrogens is 2. The Morgan fingerprint density at radius 2 is 1.75 bits per heavy atom. The monoisotopic (exact) mass is 451 g/mol. The molecule has 0 aliphatic rings. The van der Waals surface area contributed by atoms with Crippen LogP contribution in [0, 0.1) is 5.82 Å². The van der Waals surface area contributed by atoms with E-state index >= 15 is 0 Å². The maximum absolute atomic E-state index is 13.4. The molecule has 0 aliphatic carbocycles. The number of aliphatic hydroxyl groups is 2. The highest BCUT2D eigenvalue weighted by Crippen LogP contribution is 2.33. The maximum atomic E-state index is 13.4. The molecule has 0 saturated heterocycles.